The summed E-state index contributed by atoms with van der Waals surface area (Å²) in [7, 11) is 0. The average molecular weight is 506 g/mol. The molecule has 0 aliphatic carbocycles. The third-order valence-electron chi connectivity index (χ3n) is 6.24. The molecule has 3 aromatic heterocycles. The van der Waals surface area contributed by atoms with Crippen molar-refractivity contribution in [2.24, 2.45) is 0 Å². The molecule has 0 aliphatic rings. The van der Waals surface area contributed by atoms with Gasteiger partial charge in [0, 0.05) is 41.9 Å². The number of benzene rings is 2. The summed E-state index contributed by atoms with van der Waals surface area (Å²) < 4.78 is 14.2. The van der Waals surface area contributed by atoms with Crippen LogP contribution in [-0.2, 0) is 6.54 Å². The smallest absolute Gasteiger partial charge is 0.148 e. The summed E-state index contributed by atoms with van der Waals surface area (Å²) in [6.07, 6.45) is 11.9. The van der Waals surface area contributed by atoms with Crippen molar-refractivity contribution in [1.82, 2.24) is 14.5 Å². The third kappa shape index (κ3) is 6.76. The zero-order valence-electron chi connectivity index (χ0n) is 21.2. The number of aromatic nitrogens is 3. The molecule has 7 nitrogen and oxygen atoms in total. The average Bonchev–Trinajstić information content (AvgIpc) is 3.67. The molecular formula is C31H31N5O2. The van der Waals surface area contributed by atoms with E-state index < -0.39 is 0 Å². The van der Waals surface area contributed by atoms with Crippen molar-refractivity contribution in [1.29, 1.82) is 5.41 Å². The normalized spacial score (nSPS) is 10.8. The van der Waals surface area contributed by atoms with Crippen molar-refractivity contribution >= 4 is 11.5 Å². The summed E-state index contributed by atoms with van der Waals surface area (Å²) in [5.41, 5.74) is 3.39. The number of unbranched alkanes of at least 4 members (excludes halogenated alkanes) is 3. The zero-order valence-corrected chi connectivity index (χ0v) is 21.2. The Hall–Kier alpha value is -4.65. The monoisotopic (exact) mass is 505 g/mol. The number of hydrogen-bond acceptors (Lipinski definition) is 5. The molecule has 0 radical (unpaired) electrons. The van der Waals surface area contributed by atoms with Gasteiger partial charge < -0.3 is 19.0 Å². The third-order valence-corrected chi connectivity index (χ3v) is 6.24. The molecule has 0 bridgehead atoms. The molecule has 0 atom stereocenters. The summed E-state index contributed by atoms with van der Waals surface area (Å²) in [5.74, 6) is 2.73. The molecule has 38 heavy (non-hydrogen) atoms. The van der Waals surface area contributed by atoms with Gasteiger partial charge in [0.1, 0.15) is 28.8 Å². The van der Waals surface area contributed by atoms with Crippen LogP contribution < -0.4 is 10.1 Å². The molecule has 3 heterocycles. The van der Waals surface area contributed by atoms with Gasteiger partial charge in [-0.2, -0.15) is 0 Å². The number of imidazole rings is 1. The molecule has 2 N–H and O–H groups in total. The fourth-order valence-corrected chi connectivity index (χ4v) is 4.16. The highest BCUT2D eigenvalue weighted by molar-refractivity contribution is 6.04. The number of nitrogens with zero attached hydrogens (tertiary/aromatic N) is 3. The predicted molar refractivity (Wildman–Crippen MR) is 150 cm³/mol. The van der Waals surface area contributed by atoms with E-state index in [-0.39, 0.29) is 5.84 Å². The van der Waals surface area contributed by atoms with Gasteiger partial charge in [-0.25, -0.2) is 4.98 Å². The maximum absolute atomic E-state index is 8.19. The fourth-order valence-electron chi connectivity index (χ4n) is 4.16. The lowest BCUT2D eigenvalue weighted by Crippen LogP contribution is -2.13. The standard InChI is InChI=1S/C31H31N5O2/c32-31(28-7-3-4-18-34-28)35-26-12-8-24(9-13-26)29-16-17-30(38-29)25-10-14-27(15-11-25)37-22-6-2-1-5-20-36-21-19-33-23-36/h3-4,7-19,21,23H,1-2,5-6,20,22H2,(H2,32,35). The maximum Gasteiger partial charge on any atom is 0.148 e. The first kappa shape index (κ1) is 25.0. The molecule has 0 aliphatic heterocycles. The van der Waals surface area contributed by atoms with Gasteiger partial charge in [0.2, 0.25) is 0 Å². The Morgan fingerprint density at radius 1 is 0.816 bits per heavy atom. The number of ether oxygens (including phenoxy) is 1. The van der Waals surface area contributed by atoms with Crippen LogP contribution in [0.25, 0.3) is 22.6 Å². The highest BCUT2D eigenvalue weighted by Crippen LogP contribution is 2.30. The van der Waals surface area contributed by atoms with Crippen molar-refractivity contribution in [2.75, 3.05) is 11.9 Å². The number of aryl methyl sites for hydroxylation is 1. The SMILES string of the molecule is N=C(Nc1ccc(-c2ccc(-c3ccc(OCCCCCCn4ccnc4)cc3)o2)cc1)c1ccccn1. The molecule has 0 saturated carbocycles. The highest BCUT2D eigenvalue weighted by atomic mass is 16.5. The van der Waals surface area contributed by atoms with E-state index in [1.807, 2.05) is 91.5 Å². The zero-order chi connectivity index (χ0) is 26.0. The van der Waals surface area contributed by atoms with Gasteiger partial charge in [-0.1, -0.05) is 18.9 Å². The van der Waals surface area contributed by atoms with Crippen molar-refractivity contribution < 1.29 is 9.15 Å². The lowest BCUT2D eigenvalue weighted by atomic mass is 10.1. The van der Waals surface area contributed by atoms with Gasteiger partial charge in [-0.05, 0) is 85.6 Å². The largest absolute Gasteiger partial charge is 0.494 e. The minimum Gasteiger partial charge on any atom is -0.494 e. The number of hydrogen-bond donors (Lipinski definition) is 2. The van der Waals surface area contributed by atoms with Crippen LogP contribution in [0.3, 0.4) is 0 Å². The molecule has 5 rings (SSSR count). The first-order valence-electron chi connectivity index (χ1n) is 12.9. The molecule has 0 amide bonds. The summed E-state index contributed by atoms with van der Waals surface area (Å²) in [4.78, 5) is 8.27. The first-order chi connectivity index (χ1) is 18.7. The van der Waals surface area contributed by atoms with Gasteiger partial charge in [0.05, 0.1) is 12.9 Å². The lowest BCUT2D eigenvalue weighted by molar-refractivity contribution is 0.304. The maximum atomic E-state index is 8.19. The second-order valence-corrected chi connectivity index (χ2v) is 9.04. The van der Waals surface area contributed by atoms with Crippen molar-refractivity contribution in [3.63, 3.8) is 0 Å². The van der Waals surface area contributed by atoms with Crippen LogP contribution in [-0.4, -0.2) is 27.0 Å². The summed E-state index contributed by atoms with van der Waals surface area (Å²) in [5, 5.41) is 11.3. The van der Waals surface area contributed by atoms with Crippen molar-refractivity contribution in [2.45, 2.75) is 32.2 Å². The Labute approximate surface area is 222 Å². The topological polar surface area (TPSA) is 89.0 Å². The van der Waals surface area contributed by atoms with Gasteiger partial charge in [-0.3, -0.25) is 10.4 Å². The number of anilines is 1. The van der Waals surface area contributed by atoms with Crippen LogP contribution in [0.2, 0.25) is 0 Å². The Morgan fingerprint density at radius 2 is 1.55 bits per heavy atom. The molecule has 0 spiro atoms. The number of amidine groups is 1. The number of nitrogens with one attached hydrogen (secondary N) is 2. The first-order valence-corrected chi connectivity index (χ1v) is 12.9. The molecule has 2 aromatic carbocycles. The predicted octanol–water partition coefficient (Wildman–Crippen LogP) is 7.28. The number of pyridine rings is 1. The van der Waals surface area contributed by atoms with Gasteiger partial charge >= 0.3 is 0 Å². The van der Waals surface area contributed by atoms with Crippen molar-refractivity contribution in [3.8, 4) is 28.4 Å². The second kappa shape index (κ2) is 12.5. The van der Waals surface area contributed by atoms with E-state index in [0.717, 1.165) is 66.5 Å². The van der Waals surface area contributed by atoms with Crippen LogP contribution in [0.15, 0.2) is 108 Å². The number of furan rings is 1. The van der Waals surface area contributed by atoms with E-state index in [0.29, 0.717) is 5.69 Å². The summed E-state index contributed by atoms with van der Waals surface area (Å²) in [6.45, 7) is 1.75. The van der Waals surface area contributed by atoms with E-state index >= 15 is 0 Å². The highest BCUT2D eigenvalue weighted by Gasteiger charge is 2.08. The summed E-state index contributed by atoms with van der Waals surface area (Å²) in [6, 6.07) is 25.3. The molecule has 192 valence electrons. The Bertz CT molecular complexity index is 1410. The minimum atomic E-state index is 0.257. The van der Waals surface area contributed by atoms with E-state index in [1.54, 1.807) is 12.3 Å². The van der Waals surface area contributed by atoms with E-state index in [2.05, 4.69) is 19.9 Å². The molecule has 0 fully saturated rings. The van der Waals surface area contributed by atoms with Gasteiger partial charge in [0.25, 0.3) is 0 Å². The Kier molecular flexibility index (Phi) is 8.26. The van der Waals surface area contributed by atoms with Gasteiger partial charge in [0.15, 0.2) is 0 Å². The molecule has 7 heteroatoms. The minimum absolute atomic E-state index is 0.257. The van der Waals surface area contributed by atoms with E-state index in [4.69, 9.17) is 14.6 Å². The fraction of sp³-hybridized carbons (Fsp3) is 0.194. The van der Waals surface area contributed by atoms with E-state index in [1.165, 1.54) is 6.42 Å². The Morgan fingerprint density at radius 3 is 2.24 bits per heavy atom. The lowest BCUT2D eigenvalue weighted by Gasteiger charge is -2.08. The summed E-state index contributed by atoms with van der Waals surface area (Å²) >= 11 is 0. The van der Waals surface area contributed by atoms with Crippen LogP contribution in [0.5, 0.6) is 5.75 Å². The van der Waals surface area contributed by atoms with Crippen molar-refractivity contribution in [3.05, 3.63) is 109 Å². The number of rotatable bonds is 12. The quantitative estimate of drug-likeness (QED) is 0.106. The van der Waals surface area contributed by atoms with Crippen LogP contribution >= 0.6 is 0 Å². The van der Waals surface area contributed by atoms with Crippen LogP contribution in [0.4, 0.5) is 5.69 Å². The van der Waals surface area contributed by atoms with Crippen LogP contribution in [0.1, 0.15) is 31.4 Å². The Balaban J connectivity index is 1.08. The molecule has 0 unspecified atom stereocenters. The van der Waals surface area contributed by atoms with E-state index in [9.17, 15) is 0 Å². The second-order valence-electron chi connectivity index (χ2n) is 9.04. The van der Waals surface area contributed by atoms with Crippen LogP contribution in [0, 0.1) is 5.41 Å². The molecule has 5 aromatic rings. The molecular weight excluding hydrogens is 474 g/mol. The molecule has 0 saturated heterocycles. The van der Waals surface area contributed by atoms with Gasteiger partial charge in [-0.15, -0.1) is 0 Å².